The van der Waals surface area contributed by atoms with E-state index in [1.54, 1.807) is 13.8 Å². The van der Waals surface area contributed by atoms with Crippen molar-refractivity contribution in [2.24, 2.45) is 0 Å². The van der Waals surface area contributed by atoms with Crippen LogP contribution in [0.1, 0.15) is 34.6 Å². The molecule has 0 aromatic rings. The molecule has 0 radical (unpaired) electrons. The van der Waals surface area contributed by atoms with Gasteiger partial charge in [0.1, 0.15) is 5.75 Å². The van der Waals surface area contributed by atoms with Crippen LogP contribution in [-0.4, -0.2) is 26.8 Å². The van der Waals surface area contributed by atoms with Crippen molar-refractivity contribution in [2.45, 2.75) is 45.5 Å². The third kappa shape index (κ3) is 5.80. The molecule has 0 saturated heterocycles. The molecule has 0 N–H and O–H groups in total. The summed E-state index contributed by atoms with van der Waals surface area (Å²) < 4.78 is 16.0. The van der Waals surface area contributed by atoms with Crippen LogP contribution in [0.2, 0.25) is 0 Å². The largest absolute Gasteiger partial charge is 0.462 e. The average molecular weight is 206 g/mol. The molecule has 0 aliphatic rings. The second-order valence-electron chi connectivity index (χ2n) is 4.14. The molecule has 0 saturated carbocycles. The van der Waals surface area contributed by atoms with E-state index in [0.29, 0.717) is 0 Å². The number of carbonyl (C=O) groups is 1. The highest BCUT2D eigenvalue weighted by molar-refractivity contribution is 7.87. The number of hydrogen-bond acceptors (Lipinski definition) is 3. The average Bonchev–Trinajstić information content (AvgIpc) is 1.82. The lowest BCUT2D eigenvalue weighted by Gasteiger charge is -2.17. The molecular weight excluding hydrogens is 188 g/mol. The van der Waals surface area contributed by atoms with Crippen molar-refractivity contribution in [3.05, 3.63) is 0 Å². The standard InChI is InChI=1S/C9H18O3S/c1-7(2)12-8(10)6-13(11)9(3,4)5/h7H,6H2,1-5H3. The summed E-state index contributed by atoms with van der Waals surface area (Å²) in [6.45, 7) is 9.07. The maximum atomic E-state index is 11.5. The van der Waals surface area contributed by atoms with E-state index in [1.165, 1.54) is 0 Å². The summed E-state index contributed by atoms with van der Waals surface area (Å²) >= 11 is 0. The number of hydrogen-bond donors (Lipinski definition) is 0. The van der Waals surface area contributed by atoms with Gasteiger partial charge in [-0.2, -0.15) is 0 Å². The smallest absolute Gasteiger partial charge is 0.318 e. The summed E-state index contributed by atoms with van der Waals surface area (Å²) in [5, 5.41) is 0. The Morgan fingerprint density at radius 2 is 1.85 bits per heavy atom. The van der Waals surface area contributed by atoms with Crippen LogP contribution in [0.15, 0.2) is 0 Å². The van der Waals surface area contributed by atoms with E-state index in [9.17, 15) is 9.00 Å². The lowest BCUT2D eigenvalue weighted by atomic mass is 10.3. The van der Waals surface area contributed by atoms with Gasteiger partial charge in [-0.05, 0) is 34.6 Å². The quantitative estimate of drug-likeness (QED) is 0.657. The van der Waals surface area contributed by atoms with Gasteiger partial charge in [0.15, 0.2) is 0 Å². The second-order valence-corrected chi connectivity index (χ2v) is 6.35. The van der Waals surface area contributed by atoms with E-state index < -0.39 is 10.8 Å². The molecule has 0 rings (SSSR count). The number of ether oxygens (including phenoxy) is 1. The minimum atomic E-state index is -1.16. The Morgan fingerprint density at radius 3 is 2.15 bits per heavy atom. The van der Waals surface area contributed by atoms with E-state index in [2.05, 4.69) is 0 Å². The van der Waals surface area contributed by atoms with Gasteiger partial charge in [0.25, 0.3) is 0 Å². The molecular formula is C9H18O3S. The topological polar surface area (TPSA) is 43.4 Å². The Morgan fingerprint density at radius 1 is 1.38 bits per heavy atom. The van der Waals surface area contributed by atoms with Crippen LogP contribution >= 0.6 is 0 Å². The van der Waals surface area contributed by atoms with Gasteiger partial charge >= 0.3 is 5.97 Å². The SMILES string of the molecule is CC(C)OC(=O)CS(=O)C(C)(C)C. The summed E-state index contributed by atoms with van der Waals surface area (Å²) in [5.74, 6) is -0.398. The van der Waals surface area contributed by atoms with E-state index in [1.807, 2.05) is 20.8 Å². The van der Waals surface area contributed by atoms with Crippen LogP contribution in [0, 0.1) is 0 Å². The van der Waals surface area contributed by atoms with Gasteiger partial charge in [0.05, 0.1) is 6.10 Å². The predicted molar refractivity (Wildman–Crippen MR) is 54.0 cm³/mol. The van der Waals surface area contributed by atoms with Gasteiger partial charge in [0, 0.05) is 15.5 Å². The van der Waals surface area contributed by atoms with Gasteiger partial charge in [-0.25, -0.2) is 0 Å². The fraction of sp³-hybridized carbons (Fsp3) is 0.889. The highest BCUT2D eigenvalue weighted by Crippen LogP contribution is 2.11. The minimum absolute atomic E-state index is 0.0122. The van der Waals surface area contributed by atoms with E-state index >= 15 is 0 Å². The minimum Gasteiger partial charge on any atom is -0.462 e. The molecule has 0 spiro atoms. The van der Waals surface area contributed by atoms with Crippen molar-refractivity contribution in [2.75, 3.05) is 5.75 Å². The van der Waals surface area contributed by atoms with Crippen LogP contribution in [0.25, 0.3) is 0 Å². The van der Waals surface area contributed by atoms with Crippen molar-refractivity contribution >= 4 is 16.8 Å². The third-order valence-corrected chi connectivity index (χ3v) is 3.16. The Labute approximate surface area is 82.3 Å². The predicted octanol–water partition coefficient (Wildman–Crippen LogP) is 1.49. The zero-order valence-electron chi connectivity index (χ0n) is 8.92. The molecule has 13 heavy (non-hydrogen) atoms. The zero-order valence-corrected chi connectivity index (χ0v) is 9.73. The van der Waals surface area contributed by atoms with Crippen molar-refractivity contribution in [1.82, 2.24) is 0 Å². The molecule has 3 nitrogen and oxygen atoms in total. The molecule has 0 aromatic carbocycles. The number of carbonyl (C=O) groups excluding carboxylic acids is 1. The van der Waals surface area contributed by atoms with E-state index in [0.717, 1.165) is 0 Å². The molecule has 0 aromatic heterocycles. The van der Waals surface area contributed by atoms with Crippen molar-refractivity contribution in [3.8, 4) is 0 Å². The van der Waals surface area contributed by atoms with Gasteiger partial charge in [-0.3, -0.25) is 9.00 Å². The molecule has 0 aliphatic carbocycles. The summed E-state index contributed by atoms with van der Waals surface area (Å²) in [5.41, 5.74) is 0. The van der Waals surface area contributed by atoms with Crippen LogP contribution in [0.5, 0.6) is 0 Å². The van der Waals surface area contributed by atoms with Crippen molar-refractivity contribution in [3.63, 3.8) is 0 Å². The van der Waals surface area contributed by atoms with Crippen molar-refractivity contribution in [1.29, 1.82) is 0 Å². The second kappa shape index (κ2) is 4.74. The Hall–Kier alpha value is -0.380. The van der Waals surface area contributed by atoms with Gasteiger partial charge in [0.2, 0.25) is 0 Å². The molecule has 0 fully saturated rings. The highest BCUT2D eigenvalue weighted by Gasteiger charge is 2.22. The first-order chi connectivity index (χ1) is 5.73. The first-order valence-corrected chi connectivity index (χ1v) is 5.63. The number of esters is 1. The Balaban J connectivity index is 4.01. The molecule has 78 valence electrons. The van der Waals surface area contributed by atoms with Crippen LogP contribution in [0.3, 0.4) is 0 Å². The summed E-state index contributed by atoms with van der Waals surface area (Å²) in [4.78, 5) is 11.1. The van der Waals surface area contributed by atoms with Crippen LogP contribution in [-0.2, 0) is 20.3 Å². The van der Waals surface area contributed by atoms with Gasteiger partial charge in [-0.15, -0.1) is 0 Å². The molecule has 0 aliphatic heterocycles. The van der Waals surface area contributed by atoms with Crippen molar-refractivity contribution < 1.29 is 13.7 Å². The van der Waals surface area contributed by atoms with Gasteiger partial charge in [-0.1, -0.05) is 0 Å². The monoisotopic (exact) mass is 206 g/mol. The normalized spacial score (nSPS) is 14.3. The maximum absolute atomic E-state index is 11.5. The summed E-state index contributed by atoms with van der Waals surface area (Å²) in [7, 11) is -1.16. The Kier molecular flexibility index (Phi) is 4.61. The fourth-order valence-corrected chi connectivity index (χ4v) is 1.34. The molecule has 0 amide bonds. The molecule has 0 bridgehead atoms. The number of rotatable bonds is 3. The molecule has 0 heterocycles. The zero-order chi connectivity index (χ0) is 10.6. The van der Waals surface area contributed by atoms with E-state index in [4.69, 9.17) is 4.74 Å². The molecule has 4 heteroatoms. The molecule has 1 unspecified atom stereocenters. The first kappa shape index (κ1) is 12.6. The lowest BCUT2D eigenvalue weighted by Crippen LogP contribution is -2.29. The molecule has 1 atom stereocenters. The Bertz CT molecular complexity index is 203. The summed E-state index contributed by atoms with van der Waals surface area (Å²) in [6.07, 6.45) is -0.135. The van der Waals surface area contributed by atoms with Crippen LogP contribution < -0.4 is 0 Å². The maximum Gasteiger partial charge on any atom is 0.318 e. The lowest BCUT2D eigenvalue weighted by molar-refractivity contribution is -0.144. The fourth-order valence-electron chi connectivity index (χ4n) is 0.620. The highest BCUT2D eigenvalue weighted by atomic mass is 32.2. The first-order valence-electron chi connectivity index (χ1n) is 4.31. The third-order valence-electron chi connectivity index (χ3n) is 1.30. The van der Waals surface area contributed by atoms with Crippen LogP contribution in [0.4, 0.5) is 0 Å². The summed E-state index contributed by atoms with van der Waals surface area (Å²) in [6, 6.07) is 0. The van der Waals surface area contributed by atoms with Gasteiger partial charge < -0.3 is 4.74 Å². The van der Waals surface area contributed by atoms with E-state index in [-0.39, 0.29) is 22.6 Å².